The van der Waals surface area contributed by atoms with Crippen LogP contribution in [0.4, 0.5) is 0 Å². The Morgan fingerprint density at radius 3 is 2.75 bits per heavy atom. The number of thiazole rings is 1. The van der Waals surface area contributed by atoms with E-state index < -0.39 is 12.0 Å². The maximum Gasteiger partial charge on any atom is 0.320 e. The van der Waals surface area contributed by atoms with Crippen molar-refractivity contribution in [2.45, 2.75) is 65.1 Å². The molecule has 0 aliphatic heterocycles. The lowest BCUT2D eigenvalue weighted by Gasteiger charge is -2.25. The van der Waals surface area contributed by atoms with Crippen LogP contribution in [0.3, 0.4) is 0 Å². The zero-order valence-electron chi connectivity index (χ0n) is 12.5. The summed E-state index contributed by atoms with van der Waals surface area (Å²) in [6.07, 6.45) is 4.41. The molecule has 1 unspecified atom stereocenters. The van der Waals surface area contributed by atoms with Crippen molar-refractivity contribution < 1.29 is 9.90 Å². The Balaban J connectivity index is 1.95. The van der Waals surface area contributed by atoms with Gasteiger partial charge in [0, 0.05) is 18.0 Å². The second-order valence-corrected chi connectivity index (χ2v) is 7.03. The molecule has 20 heavy (non-hydrogen) atoms. The number of aromatic nitrogens is 1. The number of rotatable bonds is 8. The van der Waals surface area contributed by atoms with E-state index >= 15 is 0 Å². The van der Waals surface area contributed by atoms with Crippen LogP contribution in [0.15, 0.2) is 5.38 Å². The third kappa shape index (κ3) is 4.28. The fourth-order valence-electron chi connectivity index (χ4n) is 2.27. The topological polar surface area (TPSA) is 53.4 Å². The number of carboxylic acid groups (broad SMARTS) is 1. The van der Waals surface area contributed by atoms with Gasteiger partial charge in [0.15, 0.2) is 0 Å². The number of carbonyl (C=O) groups is 1. The van der Waals surface area contributed by atoms with E-state index in [1.165, 1.54) is 5.01 Å². The van der Waals surface area contributed by atoms with Gasteiger partial charge in [-0.1, -0.05) is 13.8 Å². The third-order valence-corrected chi connectivity index (χ3v) is 4.71. The molecule has 0 spiro atoms. The minimum absolute atomic E-state index is 0.427. The van der Waals surface area contributed by atoms with Crippen molar-refractivity contribution in [3.63, 3.8) is 0 Å². The summed E-state index contributed by atoms with van der Waals surface area (Å²) in [5.74, 6) is -0.0514. The summed E-state index contributed by atoms with van der Waals surface area (Å²) in [5, 5.41) is 12.5. The average Bonchev–Trinajstić information content (AvgIpc) is 3.13. The van der Waals surface area contributed by atoms with Crippen LogP contribution in [0, 0.1) is 5.92 Å². The quantitative estimate of drug-likeness (QED) is 0.800. The highest BCUT2D eigenvalue weighted by Gasteiger charge is 2.35. The Hall–Kier alpha value is -0.940. The molecule has 1 aromatic rings. The van der Waals surface area contributed by atoms with Crippen molar-refractivity contribution in [3.05, 3.63) is 16.1 Å². The van der Waals surface area contributed by atoms with Gasteiger partial charge in [-0.15, -0.1) is 11.3 Å². The van der Waals surface area contributed by atoms with Crippen molar-refractivity contribution in [2.75, 3.05) is 0 Å². The third-order valence-electron chi connectivity index (χ3n) is 3.75. The second-order valence-electron chi connectivity index (χ2n) is 6.08. The summed E-state index contributed by atoms with van der Waals surface area (Å²) in [4.78, 5) is 17.9. The molecule has 0 saturated heterocycles. The molecule has 0 radical (unpaired) electrons. The fourth-order valence-corrected chi connectivity index (χ4v) is 3.07. The van der Waals surface area contributed by atoms with Crippen LogP contribution in [0.5, 0.6) is 0 Å². The van der Waals surface area contributed by atoms with E-state index in [0.717, 1.165) is 31.4 Å². The first-order valence-electron chi connectivity index (χ1n) is 7.39. The van der Waals surface area contributed by atoms with E-state index in [9.17, 15) is 9.90 Å². The number of aryl methyl sites for hydroxylation is 1. The summed E-state index contributed by atoms with van der Waals surface area (Å²) in [7, 11) is 0. The number of nitrogens with zero attached hydrogens (tertiary/aromatic N) is 2. The highest BCUT2D eigenvalue weighted by atomic mass is 32.1. The zero-order valence-corrected chi connectivity index (χ0v) is 13.3. The van der Waals surface area contributed by atoms with Crippen LogP contribution in [-0.2, 0) is 17.8 Å². The molecule has 1 aliphatic rings. The molecule has 0 bridgehead atoms. The fraction of sp³-hybridized carbons (Fsp3) is 0.733. The van der Waals surface area contributed by atoms with Gasteiger partial charge in [-0.05, 0) is 38.5 Å². The van der Waals surface area contributed by atoms with Crippen LogP contribution < -0.4 is 0 Å². The van der Waals surface area contributed by atoms with Crippen molar-refractivity contribution in [2.24, 2.45) is 5.92 Å². The number of hydrogen-bond donors (Lipinski definition) is 1. The molecule has 0 amide bonds. The van der Waals surface area contributed by atoms with E-state index in [4.69, 9.17) is 0 Å². The van der Waals surface area contributed by atoms with Gasteiger partial charge < -0.3 is 5.11 Å². The first-order chi connectivity index (χ1) is 9.47. The Bertz CT molecular complexity index is 454. The molecule has 1 aromatic heterocycles. The van der Waals surface area contributed by atoms with Gasteiger partial charge in [0.1, 0.15) is 6.04 Å². The van der Waals surface area contributed by atoms with Gasteiger partial charge in [-0.25, -0.2) is 4.98 Å². The molecule has 2 rings (SSSR count). The van der Waals surface area contributed by atoms with E-state index in [2.05, 4.69) is 29.1 Å². The molecule has 1 fully saturated rings. The summed E-state index contributed by atoms with van der Waals surface area (Å²) >= 11 is 1.70. The van der Waals surface area contributed by atoms with Crippen molar-refractivity contribution in [1.29, 1.82) is 0 Å². The molecule has 1 aliphatic carbocycles. The van der Waals surface area contributed by atoms with Gasteiger partial charge in [-0.2, -0.15) is 0 Å². The first-order valence-corrected chi connectivity index (χ1v) is 8.27. The van der Waals surface area contributed by atoms with Gasteiger partial charge in [0.2, 0.25) is 0 Å². The monoisotopic (exact) mass is 296 g/mol. The molecule has 1 saturated carbocycles. The molecule has 1 atom stereocenters. The van der Waals surface area contributed by atoms with Gasteiger partial charge >= 0.3 is 5.97 Å². The summed E-state index contributed by atoms with van der Waals surface area (Å²) < 4.78 is 0. The van der Waals surface area contributed by atoms with Crippen LogP contribution in [0.25, 0.3) is 0 Å². The standard InChI is InChI=1S/C15H24N2O2S/c1-10(2)4-7-14-16-12(9-20-14)8-17(13-5-6-13)11(3)15(18)19/h9-11,13H,4-8H2,1-3H3,(H,18,19). The minimum Gasteiger partial charge on any atom is -0.480 e. The SMILES string of the molecule is CC(C)CCc1nc(CN(C2CC2)C(C)C(=O)O)cs1. The van der Waals surface area contributed by atoms with E-state index in [1.54, 1.807) is 18.3 Å². The Kier molecular flexibility index (Phi) is 5.16. The van der Waals surface area contributed by atoms with Crippen molar-refractivity contribution >= 4 is 17.3 Å². The lowest BCUT2D eigenvalue weighted by molar-refractivity contribution is -0.143. The zero-order chi connectivity index (χ0) is 14.7. The Morgan fingerprint density at radius 2 is 2.20 bits per heavy atom. The molecular weight excluding hydrogens is 272 g/mol. The van der Waals surface area contributed by atoms with Gasteiger partial charge in [0.25, 0.3) is 0 Å². The predicted molar refractivity (Wildman–Crippen MR) is 80.9 cm³/mol. The lowest BCUT2D eigenvalue weighted by Crippen LogP contribution is -2.40. The molecule has 1 heterocycles. The molecular formula is C15H24N2O2S. The number of aliphatic carboxylic acids is 1. The predicted octanol–water partition coefficient (Wildman–Crippen LogP) is 3.17. The maximum atomic E-state index is 11.2. The minimum atomic E-state index is -0.743. The summed E-state index contributed by atoms with van der Waals surface area (Å²) in [5.41, 5.74) is 1.02. The summed E-state index contributed by atoms with van der Waals surface area (Å²) in [6, 6.07) is 0.00484. The highest BCUT2D eigenvalue weighted by Crippen LogP contribution is 2.30. The summed E-state index contributed by atoms with van der Waals surface area (Å²) in [6.45, 7) is 6.87. The maximum absolute atomic E-state index is 11.2. The van der Waals surface area contributed by atoms with Crippen molar-refractivity contribution in [3.8, 4) is 0 Å². The molecule has 4 nitrogen and oxygen atoms in total. The van der Waals surface area contributed by atoms with Gasteiger partial charge in [-0.3, -0.25) is 9.69 Å². The van der Waals surface area contributed by atoms with Crippen LogP contribution in [-0.4, -0.2) is 33.0 Å². The highest BCUT2D eigenvalue weighted by molar-refractivity contribution is 7.09. The molecule has 1 N–H and O–H groups in total. The smallest absolute Gasteiger partial charge is 0.320 e. The Labute approximate surface area is 124 Å². The van der Waals surface area contributed by atoms with E-state index in [1.807, 2.05) is 0 Å². The molecule has 112 valence electrons. The van der Waals surface area contributed by atoms with Crippen LogP contribution in [0.1, 0.15) is 50.7 Å². The second kappa shape index (κ2) is 6.68. The average molecular weight is 296 g/mol. The van der Waals surface area contributed by atoms with E-state index in [-0.39, 0.29) is 0 Å². The van der Waals surface area contributed by atoms with Crippen LogP contribution >= 0.6 is 11.3 Å². The number of hydrogen-bond acceptors (Lipinski definition) is 4. The Morgan fingerprint density at radius 1 is 1.50 bits per heavy atom. The normalized spacial score (nSPS) is 16.9. The largest absolute Gasteiger partial charge is 0.480 e. The van der Waals surface area contributed by atoms with Gasteiger partial charge in [0.05, 0.1) is 10.7 Å². The van der Waals surface area contributed by atoms with Crippen molar-refractivity contribution in [1.82, 2.24) is 9.88 Å². The van der Waals surface area contributed by atoms with Crippen LogP contribution in [0.2, 0.25) is 0 Å². The molecule has 5 heteroatoms. The van der Waals surface area contributed by atoms with E-state index in [0.29, 0.717) is 18.5 Å². The lowest BCUT2D eigenvalue weighted by atomic mass is 10.1. The first kappa shape index (κ1) is 15.4. The molecule has 0 aromatic carbocycles. The number of carboxylic acids is 1.